The number of rotatable bonds is 3. The SMILES string of the molecule is Cc1ccc(Br)cc1Oc1cc(C(=O)O)c(N)cc1F. The van der Waals surface area contributed by atoms with Crippen molar-refractivity contribution in [3.05, 3.63) is 51.7 Å². The molecule has 2 aromatic carbocycles. The van der Waals surface area contributed by atoms with Crippen LogP contribution in [0.2, 0.25) is 0 Å². The van der Waals surface area contributed by atoms with Crippen LogP contribution in [0.5, 0.6) is 11.5 Å². The van der Waals surface area contributed by atoms with E-state index in [0.717, 1.165) is 22.2 Å². The summed E-state index contributed by atoms with van der Waals surface area (Å²) in [7, 11) is 0. The summed E-state index contributed by atoms with van der Waals surface area (Å²) in [4.78, 5) is 11.0. The van der Waals surface area contributed by atoms with E-state index in [0.29, 0.717) is 5.75 Å². The molecule has 0 spiro atoms. The smallest absolute Gasteiger partial charge is 0.337 e. The fourth-order valence-corrected chi connectivity index (χ4v) is 1.97. The summed E-state index contributed by atoms with van der Waals surface area (Å²) in [5.74, 6) is -1.71. The van der Waals surface area contributed by atoms with E-state index in [1.54, 1.807) is 19.1 Å². The average molecular weight is 340 g/mol. The number of carboxylic acid groups (broad SMARTS) is 1. The highest BCUT2D eigenvalue weighted by Gasteiger charge is 2.15. The van der Waals surface area contributed by atoms with Gasteiger partial charge in [0.15, 0.2) is 11.6 Å². The number of aryl methyl sites for hydroxylation is 1. The van der Waals surface area contributed by atoms with E-state index in [4.69, 9.17) is 15.6 Å². The van der Waals surface area contributed by atoms with Crippen LogP contribution < -0.4 is 10.5 Å². The van der Waals surface area contributed by atoms with Crippen molar-refractivity contribution in [3.8, 4) is 11.5 Å². The van der Waals surface area contributed by atoms with E-state index in [2.05, 4.69) is 15.9 Å². The van der Waals surface area contributed by atoms with Gasteiger partial charge in [-0.15, -0.1) is 0 Å². The van der Waals surface area contributed by atoms with Crippen molar-refractivity contribution in [3.63, 3.8) is 0 Å². The molecule has 0 fully saturated rings. The number of carboxylic acids is 1. The van der Waals surface area contributed by atoms with E-state index in [1.165, 1.54) is 0 Å². The van der Waals surface area contributed by atoms with Gasteiger partial charge >= 0.3 is 5.97 Å². The van der Waals surface area contributed by atoms with Gasteiger partial charge in [0.1, 0.15) is 5.75 Å². The number of nitrogens with two attached hydrogens (primary N) is 1. The molecule has 0 aliphatic heterocycles. The lowest BCUT2D eigenvalue weighted by Gasteiger charge is -2.11. The fourth-order valence-electron chi connectivity index (χ4n) is 1.63. The Morgan fingerprint density at radius 2 is 2.00 bits per heavy atom. The minimum absolute atomic E-state index is 0.145. The summed E-state index contributed by atoms with van der Waals surface area (Å²) in [5.41, 5.74) is 5.90. The van der Waals surface area contributed by atoms with Crippen LogP contribution in [-0.2, 0) is 0 Å². The molecule has 104 valence electrons. The molecule has 0 aromatic heterocycles. The highest BCUT2D eigenvalue weighted by atomic mass is 79.9. The van der Waals surface area contributed by atoms with Crippen molar-refractivity contribution in [2.45, 2.75) is 6.92 Å². The number of hydrogen-bond acceptors (Lipinski definition) is 3. The average Bonchev–Trinajstić information content (AvgIpc) is 2.36. The van der Waals surface area contributed by atoms with Gasteiger partial charge in [0.2, 0.25) is 0 Å². The van der Waals surface area contributed by atoms with Gasteiger partial charge in [-0.05, 0) is 24.6 Å². The maximum absolute atomic E-state index is 13.8. The third-order valence-electron chi connectivity index (χ3n) is 2.70. The summed E-state index contributed by atoms with van der Waals surface area (Å²) in [6, 6.07) is 7.31. The van der Waals surface area contributed by atoms with Crippen molar-refractivity contribution in [1.82, 2.24) is 0 Å². The Balaban J connectivity index is 2.45. The van der Waals surface area contributed by atoms with Gasteiger partial charge in [0.05, 0.1) is 5.56 Å². The normalized spacial score (nSPS) is 10.3. The molecular weight excluding hydrogens is 329 g/mol. The number of hydrogen-bond donors (Lipinski definition) is 2. The van der Waals surface area contributed by atoms with Crippen LogP contribution >= 0.6 is 15.9 Å². The fraction of sp³-hybridized carbons (Fsp3) is 0.0714. The first kappa shape index (κ1) is 14.3. The first-order valence-electron chi connectivity index (χ1n) is 5.65. The summed E-state index contributed by atoms with van der Waals surface area (Å²) < 4.78 is 20.0. The van der Waals surface area contributed by atoms with Crippen molar-refractivity contribution >= 4 is 27.6 Å². The Hall–Kier alpha value is -2.08. The predicted molar refractivity (Wildman–Crippen MR) is 76.7 cm³/mol. The molecule has 0 radical (unpaired) electrons. The molecule has 0 atom stereocenters. The quantitative estimate of drug-likeness (QED) is 0.830. The monoisotopic (exact) mass is 339 g/mol. The number of carbonyl (C=O) groups is 1. The topological polar surface area (TPSA) is 72.5 Å². The second-order valence-electron chi connectivity index (χ2n) is 4.19. The molecule has 0 saturated heterocycles. The van der Waals surface area contributed by atoms with Gasteiger partial charge < -0.3 is 15.6 Å². The highest BCUT2D eigenvalue weighted by molar-refractivity contribution is 9.10. The minimum atomic E-state index is -1.24. The summed E-state index contributed by atoms with van der Waals surface area (Å²) in [6.07, 6.45) is 0. The Morgan fingerprint density at radius 3 is 2.65 bits per heavy atom. The van der Waals surface area contributed by atoms with Crippen LogP contribution in [0, 0.1) is 12.7 Å². The maximum atomic E-state index is 13.8. The molecule has 0 amide bonds. The Labute approximate surface area is 123 Å². The van der Waals surface area contributed by atoms with Gasteiger partial charge in [-0.25, -0.2) is 9.18 Å². The van der Waals surface area contributed by atoms with Crippen LogP contribution in [0.4, 0.5) is 10.1 Å². The Morgan fingerprint density at radius 1 is 1.30 bits per heavy atom. The summed E-state index contributed by atoms with van der Waals surface area (Å²) >= 11 is 3.29. The second-order valence-corrected chi connectivity index (χ2v) is 5.10. The zero-order valence-corrected chi connectivity index (χ0v) is 12.1. The zero-order valence-electron chi connectivity index (χ0n) is 10.5. The van der Waals surface area contributed by atoms with E-state index in [9.17, 15) is 9.18 Å². The second kappa shape index (κ2) is 5.50. The van der Waals surface area contributed by atoms with Crippen LogP contribution in [0.25, 0.3) is 0 Å². The van der Waals surface area contributed by atoms with E-state index in [-0.39, 0.29) is 17.0 Å². The van der Waals surface area contributed by atoms with Gasteiger partial charge in [-0.3, -0.25) is 0 Å². The number of benzene rings is 2. The lowest BCUT2D eigenvalue weighted by molar-refractivity contribution is 0.0697. The predicted octanol–water partition coefficient (Wildman–Crippen LogP) is 3.97. The van der Waals surface area contributed by atoms with E-state index < -0.39 is 11.8 Å². The molecule has 3 N–H and O–H groups in total. The minimum Gasteiger partial charge on any atom is -0.478 e. The van der Waals surface area contributed by atoms with Gasteiger partial charge in [-0.2, -0.15) is 0 Å². The molecule has 0 aliphatic carbocycles. The van der Waals surface area contributed by atoms with Gasteiger partial charge in [0.25, 0.3) is 0 Å². The van der Waals surface area contributed by atoms with E-state index >= 15 is 0 Å². The molecule has 20 heavy (non-hydrogen) atoms. The molecule has 2 rings (SSSR count). The van der Waals surface area contributed by atoms with Crippen molar-refractivity contribution < 1.29 is 19.0 Å². The van der Waals surface area contributed by atoms with E-state index in [1.807, 2.05) is 6.07 Å². The molecule has 0 saturated carbocycles. The van der Waals surface area contributed by atoms with Crippen molar-refractivity contribution in [1.29, 1.82) is 0 Å². The number of nitrogen functional groups attached to an aromatic ring is 1. The molecule has 0 aliphatic rings. The molecule has 2 aromatic rings. The Bertz CT molecular complexity index is 688. The molecule has 0 unspecified atom stereocenters. The largest absolute Gasteiger partial charge is 0.478 e. The maximum Gasteiger partial charge on any atom is 0.337 e. The molecule has 0 heterocycles. The van der Waals surface area contributed by atoms with Crippen LogP contribution in [0.1, 0.15) is 15.9 Å². The number of anilines is 1. The molecule has 4 nitrogen and oxygen atoms in total. The third kappa shape index (κ3) is 2.91. The lowest BCUT2D eigenvalue weighted by Crippen LogP contribution is -2.04. The van der Waals surface area contributed by atoms with Gasteiger partial charge in [-0.1, -0.05) is 22.0 Å². The summed E-state index contributed by atoms with van der Waals surface area (Å²) in [6.45, 7) is 1.80. The zero-order chi connectivity index (χ0) is 14.9. The van der Waals surface area contributed by atoms with Crippen LogP contribution in [-0.4, -0.2) is 11.1 Å². The van der Waals surface area contributed by atoms with Crippen LogP contribution in [0.3, 0.4) is 0 Å². The highest BCUT2D eigenvalue weighted by Crippen LogP contribution is 2.32. The van der Waals surface area contributed by atoms with Crippen molar-refractivity contribution in [2.75, 3.05) is 5.73 Å². The molecule has 0 bridgehead atoms. The van der Waals surface area contributed by atoms with Crippen molar-refractivity contribution in [2.24, 2.45) is 0 Å². The van der Waals surface area contributed by atoms with Gasteiger partial charge in [0, 0.05) is 22.3 Å². The lowest BCUT2D eigenvalue weighted by atomic mass is 10.1. The number of halogens is 2. The third-order valence-corrected chi connectivity index (χ3v) is 3.20. The number of aromatic carboxylic acids is 1. The first-order valence-corrected chi connectivity index (χ1v) is 6.44. The molecule has 6 heteroatoms. The first-order chi connectivity index (χ1) is 9.38. The summed E-state index contributed by atoms with van der Waals surface area (Å²) in [5, 5.41) is 8.98. The van der Waals surface area contributed by atoms with Crippen LogP contribution in [0.15, 0.2) is 34.8 Å². The Kier molecular flexibility index (Phi) is 3.94. The molecular formula is C14H11BrFNO3. The standard InChI is InChI=1S/C14H11BrFNO3/c1-7-2-3-8(15)4-12(7)20-13-5-9(14(18)19)11(17)6-10(13)16/h2-6H,17H2,1H3,(H,18,19). The number of ether oxygens (including phenoxy) is 1.